The second kappa shape index (κ2) is 5.75. The van der Waals surface area contributed by atoms with Gasteiger partial charge in [-0.25, -0.2) is 0 Å². The van der Waals surface area contributed by atoms with E-state index in [2.05, 4.69) is 26.5 Å². The van der Waals surface area contributed by atoms with E-state index in [1.807, 2.05) is 4.90 Å². The average molecular weight is 231 g/mol. The molecule has 1 aliphatic rings. The summed E-state index contributed by atoms with van der Waals surface area (Å²) in [6, 6.07) is 0. The Morgan fingerprint density at radius 1 is 1.47 bits per heavy atom. The highest BCUT2D eigenvalue weighted by Gasteiger charge is 2.30. The summed E-state index contributed by atoms with van der Waals surface area (Å²) in [4.78, 5) is 13.5. The van der Waals surface area contributed by atoms with Crippen LogP contribution in [0.25, 0.3) is 0 Å². The largest absolute Gasteiger partial charge is 0.370 e. The second-order valence-electron chi connectivity index (χ2n) is 4.23. The van der Waals surface area contributed by atoms with Crippen LogP contribution in [0.3, 0.4) is 0 Å². The van der Waals surface area contributed by atoms with Crippen molar-refractivity contribution in [1.82, 2.24) is 4.90 Å². The first-order valence-electron chi connectivity index (χ1n) is 5.64. The molecule has 0 aliphatic carbocycles. The molecular weight excluding hydrogens is 210 g/mol. The van der Waals surface area contributed by atoms with Crippen LogP contribution in [0, 0.1) is 5.41 Å². The fraction of sp³-hybridized carbons (Fsp3) is 0.909. The van der Waals surface area contributed by atoms with E-state index in [0.717, 1.165) is 31.7 Å². The number of carbonyl (C=O) groups excluding carboxylic acids is 1. The Morgan fingerprint density at radius 2 is 2.13 bits per heavy atom. The van der Waals surface area contributed by atoms with E-state index in [-0.39, 0.29) is 17.9 Å². The third-order valence-corrected chi connectivity index (χ3v) is 4.12. The molecule has 0 radical (unpaired) electrons. The fourth-order valence-corrected chi connectivity index (χ4v) is 2.42. The standard InChI is InChI=1S/C11H21NO2S/c1-3-11(4-2,9-15)8-12-5-6-14-7-10(12)13/h15H,3-9H2,1-2H3. The summed E-state index contributed by atoms with van der Waals surface area (Å²) in [5, 5.41) is 0. The fourth-order valence-electron chi connectivity index (χ4n) is 1.87. The highest BCUT2D eigenvalue weighted by molar-refractivity contribution is 7.80. The van der Waals surface area contributed by atoms with E-state index in [1.165, 1.54) is 0 Å². The van der Waals surface area contributed by atoms with Gasteiger partial charge in [-0.2, -0.15) is 12.6 Å². The number of hydrogen-bond donors (Lipinski definition) is 1. The minimum absolute atomic E-state index is 0.120. The summed E-state index contributed by atoms with van der Waals surface area (Å²) in [5.74, 6) is 0.958. The summed E-state index contributed by atoms with van der Waals surface area (Å²) in [6.07, 6.45) is 2.13. The summed E-state index contributed by atoms with van der Waals surface area (Å²) in [7, 11) is 0. The molecule has 0 aromatic heterocycles. The summed E-state index contributed by atoms with van der Waals surface area (Å²) >= 11 is 4.42. The first kappa shape index (κ1) is 12.8. The molecule has 0 saturated carbocycles. The van der Waals surface area contributed by atoms with Crippen molar-refractivity contribution in [3.05, 3.63) is 0 Å². The molecule has 1 amide bonds. The first-order chi connectivity index (χ1) is 7.17. The molecule has 0 aromatic carbocycles. The maximum absolute atomic E-state index is 11.6. The van der Waals surface area contributed by atoms with Gasteiger partial charge >= 0.3 is 0 Å². The molecule has 15 heavy (non-hydrogen) atoms. The molecule has 0 spiro atoms. The van der Waals surface area contributed by atoms with Gasteiger partial charge in [0.25, 0.3) is 0 Å². The SMILES string of the molecule is CCC(CC)(CS)CN1CCOCC1=O. The summed E-state index contributed by atoms with van der Waals surface area (Å²) in [5.41, 5.74) is 0.177. The Bertz CT molecular complexity index is 208. The van der Waals surface area contributed by atoms with Gasteiger partial charge in [0.1, 0.15) is 6.61 Å². The maximum Gasteiger partial charge on any atom is 0.248 e. The van der Waals surface area contributed by atoms with E-state index in [0.29, 0.717) is 6.61 Å². The first-order valence-corrected chi connectivity index (χ1v) is 6.27. The predicted octanol–water partition coefficient (Wildman–Crippen LogP) is 1.58. The number of ether oxygens (including phenoxy) is 1. The van der Waals surface area contributed by atoms with Crippen LogP contribution < -0.4 is 0 Å². The van der Waals surface area contributed by atoms with Crippen molar-refractivity contribution in [3.63, 3.8) is 0 Å². The normalized spacial score (nSPS) is 18.3. The van der Waals surface area contributed by atoms with Crippen molar-refractivity contribution >= 4 is 18.5 Å². The Hall–Kier alpha value is -0.220. The van der Waals surface area contributed by atoms with Gasteiger partial charge in [0.15, 0.2) is 0 Å². The Balaban J connectivity index is 2.60. The Kier molecular flexibility index (Phi) is 4.93. The van der Waals surface area contributed by atoms with Crippen LogP contribution in [0.15, 0.2) is 0 Å². The van der Waals surface area contributed by atoms with Crippen molar-refractivity contribution in [1.29, 1.82) is 0 Å². The number of nitrogens with zero attached hydrogens (tertiary/aromatic N) is 1. The van der Waals surface area contributed by atoms with Crippen molar-refractivity contribution in [2.24, 2.45) is 5.41 Å². The zero-order valence-corrected chi connectivity index (χ0v) is 10.6. The number of carbonyl (C=O) groups is 1. The van der Waals surface area contributed by atoms with Gasteiger partial charge in [0.2, 0.25) is 5.91 Å². The highest BCUT2D eigenvalue weighted by Crippen LogP contribution is 2.29. The van der Waals surface area contributed by atoms with E-state index < -0.39 is 0 Å². The molecule has 1 saturated heterocycles. The molecule has 0 bridgehead atoms. The Morgan fingerprint density at radius 3 is 2.60 bits per heavy atom. The van der Waals surface area contributed by atoms with Crippen LogP contribution in [0.4, 0.5) is 0 Å². The average Bonchev–Trinajstić information content (AvgIpc) is 2.29. The molecule has 1 aliphatic heterocycles. The number of amides is 1. The minimum atomic E-state index is 0.120. The zero-order valence-electron chi connectivity index (χ0n) is 9.66. The molecule has 1 fully saturated rings. The van der Waals surface area contributed by atoms with E-state index in [1.54, 1.807) is 0 Å². The van der Waals surface area contributed by atoms with Crippen LogP contribution in [0.1, 0.15) is 26.7 Å². The quantitative estimate of drug-likeness (QED) is 0.728. The molecule has 88 valence electrons. The van der Waals surface area contributed by atoms with Crippen molar-refractivity contribution in [2.75, 3.05) is 32.1 Å². The summed E-state index contributed by atoms with van der Waals surface area (Å²) in [6.45, 7) is 6.81. The van der Waals surface area contributed by atoms with Gasteiger partial charge in [0.05, 0.1) is 6.61 Å². The van der Waals surface area contributed by atoms with Gasteiger partial charge in [-0.1, -0.05) is 13.8 Å². The third kappa shape index (κ3) is 3.11. The van der Waals surface area contributed by atoms with Gasteiger partial charge in [-0.05, 0) is 24.0 Å². The molecule has 0 unspecified atom stereocenters. The third-order valence-electron chi connectivity index (χ3n) is 3.45. The van der Waals surface area contributed by atoms with Crippen LogP contribution in [-0.4, -0.2) is 42.9 Å². The van der Waals surface area contributed by atoms with Crippen LogP contribution in [0.5, 0.6) is 0 Å². The lowest BCUT2D eigenvalue weighted by Crippen LogP contribution is -2.47. The van der Waals surface area contributed by atoms with Gasteiger partial charge in [-0.3, -0.25) is 4.79 Å². The van der Waals surface area contributed by atoms with Crippen LogP contribution >= 0.6 is 12.6 Å². The van der Waals surface area contributed by atoms with Gasteiger partial charge < -0.3 is 9.64 Å². The van der Waals surface area contributed by atoms with Crippen molar-refractivity contribution in [2.45, 2.75) is 26.7 Å². The maximum atomic E-state index is 11.6. The van der Waals surface area contributed by atoms with Crippen molar-refractivity contribution < 1.29 is 9.53 Å². The number of morpholine rings is 1. The lowest BCUT2D eigenvalue weighted by atomic mass is 9.83. The van der Waals surface area contributed by atoms with E-state index in [4.69, 9.17) is 4.74 Å². The van der Waals surface area contributed by atoms with Gasteiger partial charge in [0, 0.05) is 13.1 Å². The minimum Gasteiger partial charge on any atom is -0.370 e. The lowest BCUT2D eigenvalue weighted by Gasteiger charge is -2.37. The molecule has 4 heteroatoms. The van der Waals surface area contributed by atoms with Crippen molar-refractivity contribution in [3.8, 4) is 0 Å². The number of thiol groups is 1. The molecule has 0 aromatic rings. The van der Waals surface area contributed by atoms with Crippen LogP contribution in [-0.2, 0) is 9.53 Å². The zero-order chi connectivity index (χ0) is 11.3. The summed E-state index contributed by atoms with van der Waals surface area (Å²) < 4.78 is 5.12. The van der Waals surface area contributed by atoms with Crippen LogP contribution in [0.2, 0.25) is 0 Å². The van der Waals surface area contributed by atoms with Gasteiger partial charge in [-0.15, -0.1) is 0 Å². The topological polar surface area (TPSA) is 29.5 Å². The molecule has 1 rings (SSSR count). The predicted molar refractivity (Wildman–Crippen MR) is 64.3 cm³/mol. The van der Waals surface area contributed by atoms with E-state index >= 15 is 0 Å². The molecule has 0 N–H and O–H groups in total. The molecule has 1 heterocycles. The lowest BCUT2D eigenvalue weighted by molar-refractivity contribution is -0.144. The monoisotopic (exact) mass is 231 g/mol. The number of rotatable bonds is 5. The number of hydrogen-bond acceptors (Lipinski definition) is 3. The molecular formula is C11H21NO2S. The Labute approximate surface area is 97.6 Å². The smallest absolute Gasteiger partial charge is 0.248 e. The highest BCUT2D eigenvalue weighted by atomic mass is 32.1. The second-order valence-corrected chi connectivity index (χ2v) is 4.55. The van der Waals surface area contributed by atoms with E-state index in [9.17, 15) is 4.79 Å². The molecule has 0 atom stereocenters. The molecule has 3 nitrogen and oxygen atoms in total.